The van der Waals surface area contributed by atoms with Gasteiger partial charge in [0.15, 0.2) is 16.9 Å². The first-order valence-electron chi connectivity index (χ1n) is 11.4. The number of rotatable bonds is 9. The highest BCUT2D eigenvalue weighted by Gasteiger charge is 2.30. The first-order chi connectivity index (χ1) is 18.5. The van der Waals surface area contributed by atoms with E-state index >= 15 is 0 Å². The molecule has 4 rings (SSSR count). The molecule has 1 atom stereocenters. The topological polar surface area (TPSA) is 137 Å². The largest absolute Gasteiger partial charge is 0.493 e. The Bertz CT molecular complexity index is 1560. The number of sulfone groups is 1. The van der Waals surface area contributed by atoms with Crippen molar-refractivity contribution in [2.75, 3.05) is 42.4 Å². The van der Waals surface area contributed by atoms with E-state index in [4.69, 9.17) is 25.8 Å². The minimum atomic E-state index is -4.10. The molecule has 14 heteroatoms. The fourth-order valence-corrected chi connectivity index (χ4v) is 7.66. The predicted molar refractivity (Wildman–Crippen MR) is 150 cm³/mol. The number of halogens is 1. The Hall–Kier alpha value is -2.97. The fraction of sp³-hybridized carbons (Fsp3) is 0.240. The lowest BCUT2D eigenvalue weighted by atomic mass is 10.1. The lowest BCUT2D eigenvalue weighted by Crippen LogP contribution is -2.31. The number of thioether (sulfide) groups is 1. The van der Waals surface area contributed by atoms with Crippen LogP contribution in [0.25, 0.3) is 0 Å². The van der Waals surface area contributed by atoms with Gasteiger partial charge in [0.05, 0.1) is 41.9 Å². The van der Waals surface area contributed by atoms with Crippen molar-refractivity contribution in [2.24, 2.45) is 0 Å². The van der Waals surface area contributed by atoms with Gasteiger partial charge in [0, 0.05) is 28.3 Å². The molecule has 1 heterocycles. The van der Waals surface area contributed by atoms with E-state index in [1.807, 2.05) is 0 Å². The van der Waals surface area contributed by atoms with Crippen molar-refractivity contribution in [1.29, 1.82) is 0 Å². The van der Waals surface area contributed by atoms with Gasteiger partial charge < -0.3 is 19.5 Å². The Labute approximate surface area is 236 Å². The maximum absolute atomic E-state index is 13.3. The second-order valence-electron chi connectivity index (χ2n) is 8.21. The lowest BCUT2D eigenvalue weighted by Gasteiger charge is -2.22. The highest BCUT2D eigenvalue weighted by molar-refractivity contribution is 8.01. The molecule has 0 aliphatic carbocycles. The van der Waals surface area contributed by atoms with Crippen LogP contribution in [0, 0.1) is 0 Å². The molecule has 208 valence electrons. The molecular formula is C25H25ClN2O8S3. The molecule has 0 radical (unpaired) electrons. The van der Waals surface area contributed by atoms with Crippen LogP contribution in [0.4, 0.5) is 11.4 Å². The summed E-state index contributed by atoms with van der Waals surface area (Å²) >= 11 is 7.38. The number of methoxy groups -OCH3 is 2. The van der Waals surface area contributed by atoms with Crippen LogP contribution in [-0.2, 0) is 24.6 Å². The first kappa shape index (κ1) is 29.0. The van der Waals surface area contributed by atoms with Crippen LogP contribution in [0.1, 0.15) is 10.4 Å². The smallest absolute Gasteiger partial charge is 0.261 e. The molecule has 10 nitrogen and oxygen atoms in total. The van der Waals surface area contributed by atoms with E-state index in [1.165, 1.54) is 86.6 Å². The zero-order chi connectivity index (χ0) is 28.2. The number of amides is 1. The molecule has 1 fully saturated rings. The maximum Gasteiger partial charge on any atom is 0.261 e. The molecule has 1 saturated heterocycles. The number of anilines is 2. The van der Waals surface area contributed by atoms with E-state index in [0.29, 0.717) is 23.1 Å². The van der Waals surface area contributed by atoms with Gasteiger partial charge in [0.1, 0.15) is 0 Å². The zero-order valence-electron chi connectivity index (χ0n) is 20.8. The number of hydrogen-bond donors (Lipinski definition) is 2. The van der Waals surface area contributed by atoms with E-state index in [1.54, 1.807) is 0 Å². The number of sulfonamides is 1. The van der Waals surface area contributed by atoms with Crippen molar-refractivity contribution >= 4 is 60.5 Å². The van der Waals surface area contributed by atoms with Crippen LogP contribution in [-0.4, -0.2) is 60.5 Å². The average Bonchev–Trinajstić information content (AvgIpc) is 2.93. The van der Waals surface area contributed by atoms with E-state index < -0.39 is 31.2 Å². The average molecular weight is 613 g/mol. The zero-order valence-corrected chi connectivity index (χ0v) is 24.0. The van der Waals surface area contributed by atoms with E-state index in [0.717, 1.165) is 5.75 Å². The Balaban J connectivity index is 1.62. The van der Waals surface area contributed by atoms with Crippen molar-refractivity contribution in [3.05, 3.63) is 71.2 Å². The SMILES string of the molecule is COc1cc(NS(=O)(=O)c2ccc(Cl)cc2)c(C(=O)Nc2ccc(S(=O)(=O)[C@H]3CSCCO3)cc2)cc1OC. The molecule has 1 aliphatic rings. The van der Waals surface area contributed by atoms with E-state index in [2.05, 4.69) is 10.0 Å². The molecule has 1 aliphatic heterocycles. The van der Waals surface area contributed by atoms with Gasteiger partial charge in [-0.2, -0.15) is 11.8 Å². The van der Waals surface area contributed by atoms with Gasteiger partial charge in [-0.15, -0.1) is 0 Å². The molecule has 39 heavy (non-hydrogen) atoms. The minimum absolute atomic E-state index is 0.0606. The molecule has 0 unspecified atom stereocenters. The van der Waals surface area contributed by atoms with Crippen LogP contribution in [0.3, 0.4) is 0 Å². The van der Waals surface area contributed by atoms with Gasteiger partial charge in [0.2, 0.25) is 9.84 Å². The standard InChI is InChI=1S/C25H25ClN2O8S3/c1-34-22-13-20(21(14-23(22)35-2)28-39(32,33)19-7-3-16(26)4-8-19)25(29)27-17-5-9-18(10-6-17)38(30,31)24-15-37-12-11-36-24/h3-10,13-14,24,28H,11-12,15H2,1-2H3,(H,27,29)/t24-/m0/s1. The van der Waals surface area contributed by atoms with Crippen molar-refractivity contribution in [3.8, 4) is 11.5 Å². The Morgan fingerprint density at radius 3 is 2.15 bits per heavy atom. The highest BCUT2D eigenvalue weighted by atomic mass is 35.5. The third-order valence-corrected chi connectivity index (χ3v) is 10.5. The number of hydrogen-bond acceptors (Lipinski definition) is 9. The predicted octanol–water partition coefficient (Wildman–Crippen LogP) is 4.27. The maximum atomic E-state index is 13.3. The Morgan fingerprint density at radius 1 is 0.949 bits per heavy atom. The Kier molecular flexibility index (Phi) is 8.96. The third kappa shape index (κ3) is 6.61. The van der Waals surface area contributed by atoms with Crippen LogP contribution in [0.15, 0.2) is 70.5 Å². The van der Waals surface area contributed by atoms with Gasteiger partial charge in [-0.3, -0.25) is 9.52 Å². The number of carbonyl (C=O) groups is 1. The van der Waals surface area contributed by atoms with Gasteiger partial charge in [-0.1, -0.05) is 11.6 Å². The summed E-state index contributed by atoms with van der Waals surface area (Å²) in [5.41, 5.74) is -0.764. The summed E-state index contributed by atoms with van der Waals surface area (Å²) in [5, 5.41) is 3.03. The molecule has 1 amide bonds. The van der Waals surface area contributed by atoms with E-state index in [9.17, 15) is 21.6 Å². The molecular weight excluding hydrogens is 588 g/mol. The third-order valence-electron chi connectivity index (χ3n) is 5.71. The normalized spacial score (nSPS) is 15.8. The summed E-state index contributed by atoms with van der Waals surface area (Å²) in [6, 6.07) is 13.8. The molecule has 2 N–H and O–H groups in total. The fourth-order valence-electron chi connectivity index (χ4n) is 3.69. The molecule has 3 aromatic rings. The highest BCUT2D eigenvalue weighted by Crippen LogP contribution is 2.35. The van der Waals surface area contributed by atoms with Gasteiger partial charge in [-0.25, -0.2) is 16.8 Å². The van der Waals surface area contributed by atoms with Crippen LogP contribution in [0.5, 0.6) is 11.5 Å². The van der Waals surface area contributed by atoms with Crippen LogP contribution in [0.2, 0.25) is 5.02 Å². The van der Waals surface area contributed by atoms with Gasteiger partial charge in [-0.05, 0) is 54.6 Å². The van der Waals surface area contributed by atoms with Crippen molar-refractivity contribution < 1.29 is 35.8 Å². The van der Waals surface area contributed by atoms with Crippen molar-refractivity contribution in [3.63, 3.8) is 0 Å². The Morgan fingerprint density at radius 2 is 1.56 bits per heavy atom. The molecule has 0 saturated carbocycles. The van der Waals surface area contributed by atoms with Crippen LogP contribution >= 0.6 is 23.4 Å². The summed E-state index contributed by atoms with van der Waals surface area (Å²) in [5.74, 6) is 0.802. The number of nitrogens with one attached hydrogen (secondary N) is 2. The molecule has 3 aromatic carbocycles. The summed E-state index contributed by atoms with van der Waals surface area (Å²) in [7, 11) is -5.05. The first-order valence-corrected chi connectivity index (χ1v) is 16.0. The van der Waals surface area contributed by atoms with Crippen molar-refractivity contribution in [1.82, 2.24) is 0 Å². The molecule has 0 bridgehead atoms. The monoisotopic (exact) mass is 612 g/mol. The number of carbonyl (C=O) groups excluding carboxylic acids is 1. The number of benzene rings is 3. The van der Waals surface area contributed by atoms with Gasteiger partial charge >= 0.3 is 0 Å². The summed E-state index contributed by atoms with van der Waals surface area (Å²) in [4.78, 5) is 13.3. The second-order valence-corrected chi connectivity index (χ2v) is 13.6. The minimum Gasteiger partial charge on any atom is -0.493 e. The van der Waals surface area contributed by atoms with Gasteiger partial charge in [0.25, 0.3) is 15.9 Å². The summed E-state index contributed by atoms with van der Waals surface area (Å²) < 4.78 is 70.2. The number of ether oxygens (including phenoxy) is 3. The second kappa shape index (κ2) is 12.0. The summed E-state index contributed by atoms with van der Waals surface area (Å²) in [6.07, 6.45) is 0. The van der Waals surface area contributed by atoms with E-state index in [-0.39, 0.29) is 32.5 Å². The lowest BCUT2D eigenvalue weighted by molar-refractivity contribution is 0.102. The summed E-state index contributed by atoms with van der Waals surface area (Å²) in [6.45, 7) is 0.359. The van der Waals surface area contributed by atoms with Crippen LogP contribution < -0.4 is 19.5 Å². The molecule has 0 spiro atoms. The quantitative estimate of drug-likeness (QED) is 0.363. The molecule has 0 aromatic heterocycles. The van der Waals surface area contributed by atoms with Crippen molar-refractivity contribution in [2.45, 2.75) is 15.2 Å².